The van der Waals surface area contributed by atoms with Gasteiger partial charge in [-0.15, -0.1) is 5.10 Å². The third-order valence-corrected chi connectivity index (χ3v) is 5.98. The van der Waals surface area contributed by atoms with E-state index in [1.54, 1.807) is 37.0 Å². The van der Waals surface area contributed by atoms with E-state index in [0.29, 0.717) is 35.8 Å². The van der Waals surface area contributed by atoms with E-state index >= 15 is 0 Å². The minimum atomic E-state index is -0.978. The van der Waals surface area contributed by atoms with E-state index in [-0.39, 0.29) is 12.2 Å². The molecular weight excluding hydrogens is 475 g/mol. The summed E-state index contributed by atoms with van der Waals surface area (Å²) in [4.78, 5) is 16.2. The monoisotopic (exact) mass is 504 g/mol. The van der Waals surface area contributed by atoms with Crippen molar-refractivity contribution in [3.05, 3.63) is 89.1 Å². The van der Waals surface area contributed by atoms with E-state index in [1.807, 2.05) is 37.4 Å². The topological polar surface area (TPSA) is 114 Å². The van der Waals surface area contributed by atoms with E-state index in [4.69, 9.17) is 4.74 Å². The van der Waals surface area contributed by atoms with Crippen LogP contribution < -0.4 is 15.4 Å². The van der Waals surface area contributed by atoms with Crippen molar-refractivity contribution in [1.29, 1.82) is 0 Å². The Balaban J connectivity index is 1.41. The molecule has 0 spiro atoms. The Kier molecular flexibility index (Phi) is 7.97. The molecule has 2 aromatic carbocycles. The fraction of sp³-hybridized carbons (Fsp3) is 0.259. The molecular formula is C27H29FN6O3. The Bertz CT molecular complexity index is 1370. The number of pyridine rings is 1. The summed E-state index contributed by atoms with van der Waals surface area (Å²) in [6.45, 7) is 4.12. The number of methoxy groups -OCH3 is 1. The highest BCUT2D eigenvalue weighted by atomic mass is 19.1. The van der Waals surface area contributed by atoms with Crippen LogP contribution in [0.15, 0.2) is 60.9 Å². The van der Waals surface area contributed by atoms with Gasteiger partial charge in [0.2, 0.25) is 0 Å². The highest BCUT2D eigenvalue weighted by Gasteiger charge is 2.20. The maximum absolute atomic E-state index is 13.8. The molecule has 0 aliphatic carbocycles. The van der Waals surface area contributed by atoms with E-state index in [1.165, 1.54) is 12.1 Å². The predicted octanol–water partition coefficient (Wildman–Crippen LogP) is 4.40. The van der Waals surface area contributed by atoms with Crippen molar-refractivity contribution in [2.45, 2.75) is 39.3 Å². The van der Waals surface area contributed by atoms with Gasteiger partial charge in [-0.25, -0.2) is 18.9 Å². The number of nitrogens with zero attached hydrogens (tertiary/aromatic N) is 4. The van der Waals surface area contributed by atoms with Crippen LogP contribution in [0, 0.1) is 12.7 Å². The van der Waals surface area contributed by atoms with Crippen LogP contribution >= 0.6 is 0 Å². The van der Waals surface area contributed by atoms with Crippen LogP contribution in [0.5, 0.6) is 5.75 Å². The van der Waals surface area contributed by atoms with Gasteiger partial charge in [0, 0.05) is 24.4 Å². The van der Waals surface area contributed by atoms with E-state index in [9.17, 15) is 14.3 Å². The molecule has 3 N–H and O–H groups in total. The van der Waals surface area contributed by atoms with Crippen LogP contribution in [0.2, 0.25) is 0 Å². The molecule has 1 atom stereocenters. The number of anilines is 2. The second-order valence-electron chi connectivity index (χ2n) is 8.61. The first-order valence-electron chi connectivity index (χ1n) is 11.9. The zero-order chi connectivity index (χ0) is 26.4. The molecule has 2 aromatic heterocycles. The summed E-state index contributed by atoms with van der Waals surface area (Å²) in [5, 5.41) is 24.5. The summed E-state index contributed by atoms with van der Waals surface area (Å²) in [6, 6.07) is 13.0. The van der Waals surface area contributed by atoms with Gasteiger partial charge in [0.15, 0.2) is 0 Å². The van der Waals surface area contributed by atoms with Gasteiger partial charge in [-0.3, -0.25) is 0 Å². The van der Waals surface area contributed by atoms with Gasteiger partial charge in [-0.05, 0) is 60.4 Å². The van der Waals surface area contributed by atoms with Crippen LogP contribution in [0.4, 0.5) is 15.9 Å². The van der Waals surface area contributed by atoms with E-state index < -0.39 is 12.0 Å². The van der Waals surface area contributed by atoms with E-state index in [2.05, 4.69) is 25.9 Å². The number of aliphatic carboxylic acids is 1. The molecule has 0 aliphatic rings. The minimum Gasteiger partial charge on any atom is -0.497 e. The first-order chi connectivity index (χ1) is 17.9. The van der Waals surface area contributed by atoms with Crippen molar-refractivity contribution in [3.63, 3.8) is 0 Å². The number of aromatic nitrogens is 4. The maximum atomic E-state index is 13.8. The largest absolute Gasteiger partial charge is 0.497 e. The Hall–Kier alpha value is -4.47. The van der Waals surface area contributed by atoms with Crippen molar-refractivity contribution in [3.8, 4) is 11.4 Å². The average Bonchev–Trinajstić information content (AvgIpc) is 3.37. The molecule has 37 heavy (non-hydrogen) atoms. The average molecular weight is 505 g/mol. The molecule has 192 valence electrons. The number of benzene rings is 2. The van der Waals surface area contributed by atoms with Crippen LogP contribution in [0.25, 0.3) is 5.69 Å². The molecule has 0 saturated heterocycles. The van der Waals surface area contributed by atoms with Gasteiger partial charge in [-0.1, -0.05) is 24.3 Å². The highest BCUT2D eigenvalue weighted by Crippen LogP contribution is 2.25. The minimum absolute atomic E-state index is 0.260. The standard InChI is InChI=1S/C27H29FN6O3/c1-4-19-13-20(28)11-17(2)26(19)31-24(27(35)36)12-18-5-7-22(8-6-18)34-16-21(32-33-34)15-30-25-14-23(37-3)9-10-29-25/h5-11,13-14,16,24,31H,4,12,15H2,1-3H3,(H,29,30)(H,35,36). The molecule has 0 amide bonds. The first-order valence-corrected chi connectivity index (χ1v) is 11.9. The normalized spacial score (nSPS) is 11.7. The SMILES string of the molecule is CCc1cc(F)cc(C)c1NC(Cc1ccc(-n2cc(CNc3cc(OC)ccn3)nn2)cc1)C(=O)O. The van der Waals surface area contributed by atoms with Gasteiger partial charge in [0.25, 0.3) is 0 Å². The fourth-order valence-corrected chi connectivity index (χ4v) is 4.01. The van der Waals surface area contributed by atoms with Gasteiger partial charge in [0.1, 0.15) is 29.1 Å². The molecule has 4 aromatic rings. The first kappa shape index (κ1) is 25.6. The maximum Gasteiger partial charge on any atom is 0.326 e. The van der Waals surface area contributed by atoms with Gasteiger partial charge in [0.05, 0.1) is 25.5 Å². The van der Waals surface area contributed by atoms with Gasteiger partial charge >= 0.3 is 5.97 Å². The summed E-state index contributed by atoms with van der Waals surface area (Å²) in [6.07, 6.45) is 4.32. The number of aryl methyl sites for hydroxylation is 2. The summed E-state index contributed by atoms with van der Waals surface area (Å²) in [7, 11) is 1.60. The number of nitrogens with one attached hydrogen (secondary N) is 2. The smallest absolute Gasteiger partial charge is 0.326 e. The predicted molar refractivity (Wildman–Crippen MR) is 139 cm³/mol. The number of hydrogen-bond acceptors (Lipinski definition) is 7. The zero-order valence-corrected chi connectivity index (χ0v) is 20.9. The summed E-state index contributed by atoms with van der Waals surface area (Å²) in [5.74, 6) is 0.0714. The number of hydrogen-bond donors (Lipinski definition) is 3. The second kappa shape index (κ2) is 11.5. The number of carbonyl (C=O) groups is 1. The molecule has 4 rings (SSSR count). The Morgan fingerprint density at radius 1 is 1.19 bits per heavy atom. The molecule has 2 heterocycles. The lowest BCUT2D eigenvalue weighted by molar-refractivity contribution is -0.137. The fourth-order valence-electron chi connectivity index (χ4n) is 4.01. The molecule has 9 nitrogen and oxygen atoms in total. The van der Waals surface area contributed by atoms with Crippen molar-refractivity contribution < 1.29 is 19.0 Å². The third-order valence-electron chi connectivity index (χ3n) is 5.98. The Labute approximate surface area is 214 Å². The van der Waals surface area contributed by atoms with Crippen LogP contribution in [-0.4, -0.2) is 44.2 Å². The molecule has 0 aliphatic heterocycles. The Morgan fingerprint density at radius 2 is 1.97 bits per heavy atom. The molecule has 0 saturated carbocycles. The molecule has 0 radical (unpaired) electrons. The molecule has 0 fully saturated rings. The molecule has 10 heteroatoms. The number of halogens is 1. The lowest BCUT2D eigenvalue weighted by Crippen LogP contribution is -2.32. The quantitative estimate of drug-likeness (QED) is 0.275. The summed E-state index contributed by atoms with van der Waals surface area (Å²) < 4.78 is 20.7. The zero-order valence-electron chi connectivity index (χ0n) is 20.9. The summed E-state index contributed by atoms with van der Waals surface area (Å²) >= 11 is 0. The number of carboxylic acids is 1. The van der Waals surface area contributed by atoms with Crippen molar-refractivity contribution in [2.24, 2.45) is 0 Å². The second-order valence-corrected chi connectivity index (χ2v) is 8.61. The molecule has 0 bridgehead atoms. The van der Waals surface area contributed by atoms with Crippen molar-refractivity contribution in [1.82, 2.24) is 20.0 Å². The number of carboxylic acid groups (broad SMARTS) is 1. The highest BCUT2D eigenvalue weighted by molar-refractivity contribution is 5.79. The third kappa shape index (κ3) is 6.40. The van der Waals surface area contributed by atoms with Gasteiger partial charge in [-0.2, -0.15) is 0 Å². The summed E-state index contributed by atoms with van der Waals surface area (Å²) in [5.41, 5.74) is 4.46. The van der Waals surface area contributed by atoms with Crippen LogP contribution in [-0.2, 0) is 24.2 Å². The van der Waals surface area contributed by atoms with Crippen molar-refractivity contribution in [2.75, 3.05) is 17.7 Å². The van der Waals surface area contributed by atoms with Crippen LogP contribution in [0.1, 0.15) is 29.3 Å². The lowest BCUT2D eigenvalue weighted by atomic mass is 10.0. The van der Waals surface area contributed by atoms with Crippen molar-refractivity contribution >= 4 is 17.5 Å². The van der Waals surface area contributed by atoms with E-state index in [0.717, 1.165) is 22.5 Å². The molecule has 1 unspecified atom stereocenters. The van der Waals surface area contributed by atoms with Crippen LogP contribution in [0.3, 0.4) is 0 Å². The van der Waals surface area contributed by atoms with Gasteiger partial charge < -0.3 is 20.5 Å². The lowest BCUT2D eigenvalue weighted by Gasteiger charge is -2.20. The Morgan fingerprint density at radius 3 is 2.68 bits per heavy atom. The number of rotatable bonds is 11. The number of ether oxygens (including phenoxy) is 1.